The van der Waals surface area contributed by atoms with Gasteiger partial charge in [-0.05, 0) is 73.7 Å². The summed E-state index contributed by atoms with van der Waals surface area (Å²) in [6.45, 7) is 7.46. The fourth-order valence-electron chi connectivity index (χ4n) is 4.99. The lowest BCUT2D eigenvalue weighted by Crippen LogP contribution is -2.46. The van der Waals surface area contributed by atoms with Crippen molar-refractivity contribution >= 4 is 11.9 Å². The van der Waals surface area contributed by atoms with Crippen LogP contribution in [0.15, 0.2) is 77.5 Å². The quantitative estimate of drug-likeness (QED) is 0.182. The summed E-state index contributed by atoms with van der Waals surface area (Å²) in [5.41, 5.74) is 9.92. The van der Waals surface area contributed by atoms with Gasteiger partial charge in [-0.2, -0.15) is 0 Å². The highest BCUT2D eigenvalue weighted by Gasteiger charge is 2.26. The minimum atomic E-state index is -0.879. The van der Waals surface area contributed by atoms with Crippen molar-refractivity contribution in [3.05, 3.63) is 113 Å². The van der Waals surface area contributed by atoms with Gasteiger partial charge in [0.15, 0.2) is 0 Å². The summed E-state index contributed by atoms with van der Waals surface area (Å²) >= 11 is 0. The number of ether oxygens (including phenoxy) is 1. The van der Waals surface area contributed by atoms with E-state index in [1.165, 1.54) is 36.2 Å². The molecule has 0 aliphatic carbocycles. The first kappa shape index (κ1) is 32.5. The Bertz CT molecular complexity index is 1540. The third kappa shape index (κ3) is 8.58. The standard InChI is InChI=1S/C34H38F2N4O4/c1-4-22-8-7-9-23(12-22)20-38-21-31(30(37)15-24-13-28(35)19-29(36)14-24)44-34(42)27-17-25(32-39-10-11-43-32)16-26(18-27)33(41)40(5-2)6-3/h7-14,16-19,30-31,38H,4-6,15,20-21,37H2,1-3H3/t30-,31+/m0/s1. The van der Waals surface area contributed by atoms with Gasteiger partial charge in [-0.15, -0.1) is 0 Å². The average molecular weight is 605 g/mol. The van der Waals surface area contributed by atoms with Crippen molar-refractivity contribution in [1.82, 2.24) is 15.2 Å². The van der Waals surface area contributed by atoms with Crippen LogP contribution in [0.5, 0.6) is 0 Å². The molecule has 0 bridgehead atoms. The molecule has 3 aromatic carbocycles. The lowest BCUT2D eigenvalue weighted by Gasteiger charge is -2.25. The molecule has 0 radical (unpaired) electrons. The summed E-state index contributed by atoms with van der Waals surface area (Å²) in [4.78, 5) is 32.7. The zero-order chi connectivity index (χ0) is 31.6. The smallest absolute Gasteiger partial charge is 0.338 e. The normalized spacial score (nSPS) is 12.5. The first-order chi connectivity index (χ1) is 21.2. The van der Waals surface area contributed by atoms with E-state index >= 15 is 0 Å². The molecule has 4 aromatic rings. The van der Waals surface area contributed by atoms with Crippen LogP contribution in [0.1, 0.15) is 58.2 Å². The van der Waals surface area contributed by atoms with Crippen LogP contribution in [0.2, 0.25) is 0 Å². The highest BCUT2D eigenvalue weighted by molar-refractivity contribution is 5.99. The number of hydrogen-bond acceptors (Lipinski definition) is 7. The van der Waals surface area contributed by atoms with Gasteiger partial charge >= 0.3 is 5.97 Å². The molecular formula is C34H38F2N4O4. The lowest BCUT2D eigenvalue weighted by atomic mass is 10.0. The molecule has 2 atom stereocenters. The Hall–Kier alpha value is -4.41. The maximum Gasteiger partial charge on any atom is 0.338 e. The summed E-state index contributed by atoms with van der Waals surface area (Å²) in [5.74, 6) is -2.17. The number of esters is 1. The number of amides is 1. The summed E-state index contributed by atoms with van der Waals surface area (Å²) in [6.07, 6.45) is 2.95. The van der Waals surface area contributed by atoms with Crippen LogP contribution in [0.4, 0.5) is 8.78 Å². The maximum absolute atomic E-state index is 13.9. The van der Waals surface area contributed by atoms with Gasteiger partial charge in [0.1, 0.15) is 24.0 Å². The topological polar surface area (TPSA) is 111 Å². The lowest BCUT2D eigenvalue weighted by molar-refractivity contribution is 0.0238. The molecule has 0 saturated carbocycles. The second-order valence-electron chi connectivity index (χ2n) is 10.5. The number of carbonyl (C=O) groups is 2. The van der Waals surface area contributed by atoms with Crippen LogP contribution in [-0.2, 0) is 24.1 Å². The molecule has 1 aromatic heterocycles. The fourth-order valence-corrected chi connectivity index (χ4v) is 4.99. The van der Waals surface area contributed by atoms with Gasteiger partial charge < -0.3 is 25.1 Å². The Morgan fingerprint density at radius 2 is 1.66 bits per heavy atom. The number of carbonyl (C=O) groups excluding carboxylic acids is 2. The second kappa shape index (κ2) is 15.4. The van der Waals surface area contributed by atoms with Crippen molar-refractivity contribution in [1.29, 1.82) is 0 Å². The van der Waals surface area contributed by atoms with E-state index in [0.717, 1.165) is 18.1 Å². The number of aromatic nitrogens is 1. The molecular weight excluding hydrogens is 566 g/mol. The molecule has 0 fully saturated rings. The monoisotopic (exact) mass is 604 g/mol. The largest absolute Gasteiger partial charge is 0.456 e. The number of aryl methyl sites for hydroxylation is 1. The molecule has 1 amide bonds. The molecule has 0 aliphatic heterocycles. The summed E-state index contributed by atoms with van der Waals surface area (Å²) in [6, 6.07) is 15.1. The highest BCUT2D eigenvalue weighted by Crippen LogP contribution is 2.23. The zero-order valence-corrected chi connectivity index (χ0v) is 25.2. The van der Waals surface area contributed by atoms with Crippen LogP contribution >= 0.6 is 0 Å². The van der Waals surface area contributed by atoms with Gasteiger partial charge in [0.25, 0.3) is 5.91 Å². The second-order valence-corrected chi connectivity index (χ2v) is 10.5. The number of benzene rings is 3. The van der Waals surface area contributed by atoms with Crippen LogP contribution in [-0.4, -0.2) is 53.5 Å². The third-order valence-corrected chi connectivity index (χ3v) is 7.35. The number of hydrogen-bond donors (Lipinski definition) is 2. The Balaban J connectivity index is 1.60. The molecule has 0 saturated heterocycles. The number of nitrogens with one attached hydrogen (secondary N) is 1. The highest BCUT2D eigenvalue weighted by atomic mass is 19.1. The minimum Gasteiger partial charge on any atom is -0.456 e. The summed E-state index contributed by atoms with van der Waals surface area (Å²) in [7, 11) is 0. The van der Waals surface area contributed by atoms with Gasteiger partial charge in [-0.1, -0.05) is 31.2 Å². The van der Waals surface area contributed by atoms with Gasteiger partial charge in [0.05, 0.1) is 11.8 Å². The van der Waals surface area contributed by atoms with E-state index in [1.807, 2.05) is 32.0 Å². The zero-order valence-electron chi connectivity index (χ0n) is 25.2. The maximum atomic E-state index is 13.9. The minimum absolute atomic E-state index is 0.0572. The van der Waals surface area contributed by atoms with Crippen LogP contribution in [0.25, 0.3) is 11.5 Å². The van der Waals surface area contributed by atoms with E-state index in [9.17, 15) is 18.4 Å². The van der Waals surface area contributed by atoms with Crippen LogP contribution in [0, 0.1) is 11.6 Å². The van der Waals surface area contributed by atoms with E-state index in [1.54, 1.807) is 17.0 Å². The number of oxazole rings is 1. The first-order valence-corrected chi connectivity index (χ1v) is 14.7. The molecule has 4 rings (SSSR count). The predicted molar refractivity (Wildman–Crippen MR) is 164 cm³/mol. The molecule has 8 nitrogen and oxygen atoms in total. The number of rotatable bonds is 14. The summed E-state index contributed by atoms with van der Waals surface area (Å²) < 4.78 is 39.2. The average Bonchev–Trinajstić information content (AvgIpc) is 3.56. The van der Waals surface area contributed by atoms with Crippen LogP contribution < -0.4 is 11.1 Å². The Morgan fingerprint density at radius 3 is 2.32 bits per heavy atom. The van der Waals surface area contributed by atoms with Crippen molar-refractivity contribution in [2.24, 2.45) is 5.73 Å². The summed E-state index contributed by atoms with van der Waals surface area (Å²) in [5, 5.41) is 3.30. The Kier molecular flexibility index (Phi) is 11.3. The molecule has 0 aliphatic rings. The molecule has 44 heavy (non-hydrogen) atoms. The first-order valence-electron chi connectivity index (χ1n) is 14.7. The van der Waals surface area contributed by atoms with Crippen molar-refractivity contribution < 1.29 is 27.5 Å². The fraction of sp³-hybridized carbons (Fsp3) is 0.324. The van der Waals surface area contributed by atoms with E-state index < -0.39 is 29.7 Å². The number of nitrogens with zero attached hydrogens (tertiary/aromatic N) is 2. The van der Waals surface area contributed by atoms with Gasteiger partial charge in [0, 0.05) is 49.4 Å². The van der Waals surface area contributed by atoms with E-state index in [4.69, 9.17) is 14.9 Å². The van der Waals surface area contributed by atoms with E-state index in [2.05, 4.69) is 23.3 Å². The van der Waals surface area contributed by atoms with Crippen molar-refractivity contribution in [3.63, 3.8) is 0 Å². The molecule has 10 heteroatoms. The SMILES string of the molecule is CCc1cccc(CNC[C@@H](OC(=O)c2cc(C(=O)N(CC)CC)cc(-c3ncco3)c2)[C@@H](N)Cc2cc(F)cc(F)c2)c1. The van der Waals surface area contributed by atoms with Crippen molar-refractivity contribution in [2.75, 3.05) is 19.6 Å². The molecule has 1 heterocycles. The molecule has 3 N–H and O–H groups in total. The van der Waals surface area contributed by atoms with E-state index in [-0.39, 0.29) is 35.9 Å². The molecule has 0 spiro atoms. The third-order valence-electron chi connectivity index (χ3n) is 7.35. The van der Waals surface area contributed by atoms with E-state index in [0.29, 0.717) is 30.8 Å². The van der Waals surface area contributed by atoms with Crippen molar-refractivity contribution in [3.8, 4) is 11.5 Å². The van der Waals surface area contributed by atoms with Gasteiger partial charge in [0.2, 0.25) is 5.89 Å². The number of nitrogens with two attached hydrogens (primary N) is 1. The molecule has 232 valence electrons. The molecule has 0 unspecified atom stereocenters. The van der Waals surface area contributed by atoms with Crippen LogP contribution in [0.3, 0.4) is 0 Å². The van der Waals surface area contributed by atoms with Gasteiger partial charge in [-0.25, -0.2) is 18.6 Å². The van der Waals surface area contributed by atoms with Crippen molar-refractivity contribution in [2.45, 2.75) is 52.3 Å². The number of halogens is 2. The Labute approximate surface area is 256 Å². The Morgan fingerprint density at radius 1 is 0.955 bits per heavy atom. The van der Waals surface area contributed by atoms with Gasteiger partial charge in [-0.3, -0.25) is 4.79 Å². The predicted octanol–water partition coefficient (Wildman–Crippen LogP) is 5.55.